The topological polar surface area (TPSA) is 89.8 Å². The number of aliphatic hydroxyl groups excluding tert-OH is 3. The predicted molar refractivity (Wildman–Crippen MR) is 241 cm³/mol. The van der Waals surface area contributed by atoms with Gasteiger partial charge in [-0.05, 0) is 57.8 Å². The van der Waals surface area contributed by atoms with Gasteiger partial charge >= 0.3 is 0 Å². The Hall–Kier alpha value is -1.43. The summed E-state index contributed by atoms with van der Waals surface area (Å²) in [7, 11) is 0. The number of nitrogens with one attached hydrogen (secondary N) is 1. The minimum absolute atomic E-state index is 0.00454. The van der Waals surface area contributed by atoms with E-state index in [0.717, 1.165) is 32.1 Å². The standard InChI is InChI=1S/C50H95NO4/c1-3-5-7-9-11-13-15-17-19-21-22-23-24-25-26-27-28-29-31-33-35-37-39-41-43-47(53)45-50(55)51-48(46-52)49(54)44-42-40-38-36-34-32-30-20-18-16-14-12-10-8-6-4-2/h25-26,34,36,42,44,47-49,52-54H,3-24,27-33,35,37-41,43,45-46H2,1-2H3,(H,51,55)/b26-25-,36-34+,44-42+. The summed E-state index contributed by atoms with van der Waals surface area (Å²) in [5.74, 6) is -0.326. The maximum Gasteiger partial charge on any atom is 0.222 e. The Balaban J connectivity index is 3.64. The van der Waals surface area contributed by atoms with Crippen LogP contribution in [-0.2, 0) is 4.79 Å². The van der Waals surface area contributed by atoms with Crippen molar-refractivity contribution in [3.05, 3.63) is 36.5 Å². The Bertz CT molecular complexity index is 855. The molecule has 324 valence electrons. The van der Waals surface area contributed by atoms with Crippen molar-refractivity contribution in [2.75, 3.05) is 6.61 Å². The quantitative estimate of drug-likeness (QED) is 0.0367. The van der Waals surface area contributed by atoms with Crippen LogP contribution in [0.2, 0.25) is 0 Å². The fourth-order valence-electron chi connectivity index (χ4n) is 7.41. The molecule has 0 spiro atoms. The molecule has 0 fully saturated rings. The zero-order chi connectivity index (χ0) is 40.1. The molecule has 0 aliphatic carbocycles. The van der Waals surface area contributed by atoms with Gasteiger partial charge in [-0.3, -0.25) is 4.79 Å². The maximum atomic E-state index is 12.5. The first-order valence-corrected chi connectivity index (χ1v) is 24.3. The van der Waals surface area contributed by atoms with Crippen LogP contribution in [0.15, 0.2) is 36.5 Å². The van der Waals surface area contributed by atoms with E-state index >= 15 is 0 Å². The van der Waals surface area contributed by atoms with Crippen molar-refractivity contribution in [1.29, 1.82) is 0 Å². The number of amides is 1. The van der Waals surface area contributed by atoms with Crippen molar-refractivity contribution in [3.8, 4) is 0 Å². The summed E-state index contributed by atoms with van der Waals surface area (Å²) in [4.78, 5) is 12.5. The number of allylic oxidation sites excluding steroid dienone is 5. The first-order chi connectivity index (χ1) is 27.0. The summed E-state index contributed by atoms with van der Waals surface area (Å²) in [5.41, 5.74) is 0. The lowest BCUT2D eigenvalue weighted by Crippen LogP contribution is -2.45. The number of rotatable bonds is 44. The lowest BCUT2D eigenvalue weighted by molar-refractivity contribution is -0.124. The number of carbonyl (C=O) groups is 1. The van der Waals surface area contributed by atoms with E-state index in [2.05, 4.69) is 43.5 Å². The lowest BCUT2D eigenvalue weighted by Gasteiger charge is -2.21. The molecule has 0 saturated carbocycles. The molecule has 55 heavy (non-hydrogen) atoms. The van der Waals surface area contributed by atoms with Crippen molar-refractivity contribution in [1.82, 2.24) is 5.32 Å². The molecule has 5 nitrogen and oxygen atoms in total. The molecule has 1 amide bonds. The van der Waals surface area contributed by atoms with Crippen molar-refractivity contribution in [2.45, 2.75) is 270 Å². The van der Waals surface area contributed by atoms with Crippen LogP contribution in [0.5, 0.6) is 0 Å². The molecule has 0 aromatic carbocycles. The number of aliphatic hydroxyl groups is 3. The van der Waals surface area contributed by atoms with Gasteiger partial charge in [0.1, 0.15) is 0 Å². The van der Waals surface area contributed by atoms with Gasteiger partial charge in [0.05, 0.1) is 31.3 Å². The van der Waals surface area contributed by atoms with Gasteiger partial charge in [0.2, 0.25) is 5.91 Å². The van der Waals surface area contributed by atoms with Gasteiger partial charge in [-0.1, -0.05) is 224 Å². The number of hydrogen-bond donors (Lipinski definition) is 4. The molecule has 0 bridgehead atoms. The molecule has 0 rings (SSSR count). The second kappa shape index (κ2) is 45.3. The molecule has 3 atom stereocenters. The van der Waals surface area contributed by atoms with Crippen LogP contribution in [0.25, 0.3) is 0 Å². The minimum atomic E-state index is -0.952. The van der Waals surface area contributed by atoms with Gasteiger partial charge in [-0.15, -0.1) is 0 Å². The minimum Gasteiger partial charge on any atom is -0.394 e. The van der Waals surface area contributed by atoms with Crippen molar-refractivity contribution in [2.24, 2.45) is 0 Å². The predicted octanol–water partition coefficient (Wildman–Crippen LogP) is 14.3. The van der Waals surface area contributed by atoms with Gasteiger partial charge < -0.3 is 20.6 Å². The van der Waals surface area contributed by atoms with Crippen LogP contribution in [0.1, 0.15) is 251 Å². The average molecular weight is 774 g/mol. The van der Waals surface area contributed by atoms with E-state index in [0.29, 0.717) is 6.42 Å². The van der Waals surface area contributed by atoms with E-state index in [1.807, 2.05) is 6.08 Å². The summed E-state index contributed by atoms with van der Waals surface area (Å²) in [6, 6.07) is -0.761. The van der Waals surface area contributed by atoms with Crippen LogP contribution >= 0.6 is 0 Å². The summed E-state index contributed by atoms with van der Waals surface area (Å²) in [5, 5.41) is 33.3. The molecule has 0 aromatic rings. The van der Waals surface area contributed by atoms with Gasteiger partial charge in [0.15, 0.2) is 0 Å². The second-order valence-corrected chi connectivity index (χ2v) is 16.7. The molecular formula is C50H95NO4. The SMILES string of the molecule is CCCCCCCCCCCC/C=C/CC/C=C/C(O)C(CO)NC(=O)CC(O)CCCCCCCCCC/C=C\CCCCCCCCCCCCCC. The number of unbranched alkanes of at least 4 members (excludes halogenated alkanes) is 31. The van der Waals surface area contributed by atoms with Crippen LogP contribution in [0, 0.1) is 0 Å². The molecule has 0 aromatic heterocycles. The summed E-state index contributed by atoms with van der Waals surface area (Å²) >= 11 is 0. The van der Waals surface area contributed by atoms with Crippen LogP contribution in [0.3, 0.4) is 0 Å². The highest BCUT2D eigenvalue weighted by Crippen LogP contribution is 2.15. The first kappa shape index (κ1) is 53.6. The highest BCUT2D eigenvalue weighted by atomic mass is 16.3. The molecular weight excluding hydrogens is 679 g/mol. The molecule has 0 aliphatic rings. The monoisotopic (exact) mass is 774 g/mol. The molecule has 4 N–H and O–H groups in total. The molecule has 0 radical (unpaired) electrons. The van der Waals surface area contributed by atoms with Crippen LogP contribution < -0.4 is 5.32 Å². The third-order valence-corrected chi connectivity index (χ3v) is 11.1. The third kappa shape index (κ3) is 42.0. The molecule has 3 unspecified atom stereocenters. The lowest BCUT2D eigenvalue weighted by atomic mass is 10.0. The van der Waals surface area contributed by atoms with E-state index < -0.39 is 18.2 Å². The molecule has 0 heterocycles. The number of hydrogen-bond acceptors (Lipinski definition) is 4. The molecule has 0 aliphatic heterocycles. The van der Waals surface area contributed by atoms with E-state index in [4.69, 9.17) is 0 Å². The Morgan fingerprint density at radius 3 is 1.16 bits per heavy atom. The Morgan fingerprint density at radius 1 is 0.455 bits per heavy atom. The molecule has 5 heteroatoms. The van der Waals surface area contributed by atoms with Crippen molar-refractivity contribution in [3.63, 3.8) is 0 Å². The second-order valence-electron chi connectivity index (χ2n) is 16.7. The smallest absolute Gasteiger partial charge is 0.222 e. The first-order valence-electron chi connectivity index (χ1n) is 24.3. The van der Waals surface area contributed by atoms with Gasteiger partial charge in [-0.2, -0.15) is 0 Å². The normalized spacial score (nSPS) is 13.8. The highest BCUT2D eigenvalue weighted by Gasteiger charge is 2.20. The summed E-state index contributed by atoms with van der Waals surface area (Å²) < 4.78 is 0. The Labute approximate surface area is 343 Å². The molecule has 0 saturated heterocycles. The van der Waals surface area contributed by atoms with Crippen molar-refractivity contribution < 1.29 is 20.1 Å². The van der Waals surface area contributed by atoms with Gasteiger partial charge in [-0.25, -0.2) is 0 Å². The average Bonchev–Trinajstić information content (AvgIpc) is 3.18. The van der Waals surface area contributed by atoms with E-state index in [1.165, 1.54) is 193 Å². The van der Waals surface area contributed by atoms with E-state index in [9.17, 15) is 20.1 Å². The summed E-state index contributed by atoms with van der Waals surface area (Å²) in [6.07, 6.45) is 57.3. The summed E-state index contributed by atoms with van der Waals surface area (Å²) in [6.45, 7) is 4.21. The zero-order valence-corrected chi connectivity index (χ0v) is 36.8. The Morgan fingerprint density at radius 2 is 0.782 bits per heavy atom. The Kier molecular flexibility index (Phi) is 44.1. The maximum absolute atomic E-state index is 12.5. The van der Waals surface area contributed by atoms with Gasteiger partial charge in [0, 0.05) is 0 Å². The highest BCUT2D eigenvalue weighted by molar-refractivity contribution is 5.76. The van der Waals surface area contributed by atoms with Crippen molar-refractivity contribution >= 4 is 5.91 Å². The van der Waals surface area contributed by atoms with Crippen LogP contribution in [-0.4, -0.2) is 46.1 Å². The van der Waals surface area contributed by atoms with Crippen LogP contribution in [0.4, 0.5) is 0 Å². The third-order valence-electron chi connectivity index (χ3n) is 11.1. The zero-order valence-electron chi connectivity index (χ0n) is 36.8. The van der Waals surface area contributed by atoms with E-state index in [-0.39, 0.29) is 18.9 Å². The van der Waals surface area contributed by atoms with E-state index in [1.54, 1.807) is 6.08 Å². The number of carbonyl (C=O) groups excluding carboxylic acids is 1. The largest absolute Gasteiger partial charge is 0.394 e. The van der Waals surface area contributed by atoms with Gasteiger partial charge in [0.25, 0.3) is 0 Å². The fraction of sp³-hybridized carbons (Fsp3) is 0.860. The fourth-order valence-corrected chi connectivity index (χ4v) is 7.41.